The highest BCUT2D eigenvalue weighted by molar-refractivity contribution is 5.96. The second kappa shape index (κ2) is 11.1. The van der Waals surface area contributed by atoms with E-state index >= 15 is 0 Å². The van der Waals surface area contributed by atoms with Crippen LogP contribution in [0.1, 0.15) is 5.56 Å². The van der Waals surface area contributed by atoms with Gasteiger partial charge in [-0.15, -0.1) is 0 Å². The molecule has 1 amide bonds. The maximum Gasteiger partial charge on any atom is 0.419 e. The molecule has 0 bridgehead atoms. The highest BCUT2D eigenvalue weighted by Gasteiger charge is 2.24. The van der Waals surface area contributed by atoms with Crippen molar-refractivity contribution in [3.63, 3.8) is 0 Å². The van der Waals surface area contributed by atoms with Crippen LogP contribution in [0.4, 0.5) is 36.6 Å². The maximum absolute atomic E-state index is 14.6. The highest BCUT2D eigenvalue weighted by Crippen LogP contribution is 2.34. The number of aromatic nitrogens is 2. The van der Waals surface area contributed by atoms with Gasteiger partial charge in [-0.3, -0.25) is 0 Å². The molecule has 1 aromatic heterocycles. The molecule has 0 radical (unpaired) electrons. The van der Waals surface area contributed by atoms with Crippen LogP contribution in [0.25, 0.3) is 0 Å². The molecule has 0 spiro atoms. The van der Waals surface area contributed by atoms with E-state index in [0.29, 0.717) is 26.3 Å². The zero-order chi connectivity index (χ0) is 26.5. The van der Waals surface area contributed by atoms with E-state index in [9.17, 15) is 18.7 Å². The third kappa shape index (κ3) is 5.40. The van der Waals surface area contributed by atoms with E-state index in [0.717, 1.165) is 16.7 Å². The van der Waals surface area contributed by atoms with Gasteiger partial charge in [-0.2, -0.15) is 0 Å². The standard InChI is InChI=1S/C24H25F2N5O6/c1-34-19-10-20(35-2)22(26)16(21(19)25)13-37-15-11-28-23(29-12-15)31(24(32)33)18-4-3-14(9-17(18)27)30-5-7-36-8-6-30/h3-4,9-12H,5-8,13,27H2,1-2H3,(H,32,33). The van der Waals surface area contributed by atoms with E-state index in [1.165, 1.54) is 26.6 Å². The largest absolute Gasteiger partial charge is 0.494 e. The number of anilines is 4. The molecule has 1 fully saturated rings. The molecule has 3 N–H and O–H groups in total. The van der Waals surface area contributed by atoms with Gasteiger partial charge in [0.15, 0.2) is 28.9 Å². The second-order valence-corrected chi connectivity index (χ2v) is 7.86. The third-order valence-electron chi connectivity index (χ3n) is 5.68. The summed E-state index contributed by atoms with van der Waals surface area (Å²) in [6, 6.07) is 6.10. The number of hydrogen-bond acceptors (Lipinski definition) is 9. The van der Waals surface area contributed by atoms with E-state index in [-0.39, 0.29) is 34.6 Å². The van der Waals surface area contributed by atoms with Gasteiger partial charge in [0.25, 0.3) is 0 Å². The van der Waals surface area contributed by atoms with Gasteiger partial charge in [0.2, 0.25) is 5.95 Å². The highest BCUT2D eigenvalue weighted by atomic mass is 19.1. The molecule has 2 aromatic carbocycles. The number of rotatable bonds is 8. The van der Waals surface area contributed by atoms with Crippen LogP contribution in [0.3, 0.4) is 0 Å². The number of carbonyl (C=O) groups is 1. The lowest BCUT2D eigenvalue weighted by molar-refractivity contribution is 0.122. The van der Waals surface area contributed by atoms with Crippen LogP contribution >= 0.6 is 0 Å². The lowest BCUT2D eigenvalue weighted by Gasteiger charge is -2.29. The minimum Gasteiger partial charge on any atom is -0.494 e. The molecule has 0 aliphatic carbocycles. The lowest BCUT2D eigenvalue weighted by atomic mass is 10.1. The molecule has 0 saturated carbocycles. The van der Waals surface area contributed by atoms with Gasteiger partial charge in [-0.1, -0.05) is 0 Å². The Morgan fingerprint density at radius 2 is 1.73 bits per heavy atom. The monoisotopic (exact) mass is 517 g/mol. The van der Waals surface area contributed by atoms with Crippen LogP contribution in [0, 0.1) is 11.6 Å². The molecular formula is C24H25F2N5O6. The molecule has 1 aliphatic rings. The van der Waals surface area contributed by atoms with E-state index in [1.807, 2.05) is 0 Å². The van der Waals surface area contributed by atoms with Crippen LogP contribution in [0.15, 0.2) is 36.7 Å². The summed E-state index contributed by atoms with van der Waals surface area (Å²) in [4.78, 5) is 23.1. The molecule has 11 nitrogen and oxygen atoms in total. The van der Waals surface area contributed by atoms with Crippen molar-refractivity contribution in [3.8, 4) is 17.2 Å². The Bertz CT molecular complexity index is 1240. The number of hydrogen-bond donors (Lipinski definition) is 2. The number of halogens is 2. The number of morpholine rings is 1. The van der Waals surface area contributed by atoms with Crippen molar-refractivity contribution in [1.82, 2.24) is 9.97 Å². The number of carboxylic acid groups (broad SMARTS) is 1. The van der Waals surface area contributed by atoms with Crippen molar-refractivity contribution in [1.29, 1.82) is 0 Å². The number of nitrogen functional groups attached to an aromatic ring is 1. The van der Waals surface area contributed by atoms with Crippen LogP contribution < -0.4 is 29.7 Å². The first kappa shape index (κ1) is 25.7. The van der Waals surface area contributed by atoms with E-state index in [1.54, 1.807) is 18.2 Å². The Hall–Kier alpha value is -4.39. The van der Waals surface area contributed by atoms with Crippen LogP contribution in [-0.4, -0.2) is 61.7 Å². The van der Waals surface area contributed by atoms with E-state index < -0.39 is 29.9 Å². The molecule has 196 valence electrons. The second-order valence-electron chi connectivity index (χ2n) is 7.86. The van der Waals surface area contributed by atoms with E-state index in [4.69, 9.17) is 24.7 Å². The number of benzene rings is 2. The molecule has 0 atom stereocenters. The van der Waals surface area contributed by atoms with Crippen LogP contribution in [0.5, 0.6) is 17.2 Å². The predicted octanol–water partition coefficient (Wildman–Crippen LogP) is 3.59. The van der Waals surface area contributed by atoms with Gasteiger partial charge < -0.3 is 34.7 Å². The molecule has 13 heteroatoms. The number of methoxy groups -OCH3 is 2. The van der Waals surface area contributed by atoms with Crippen LogP contribution in [-0.2, 0) is 11.3 Å². The number of ether oxygens (including phenoxy) is 4. The maximum atomic E-state index is 14.6. The molecule has 4 rings (SSSR count). The quantitative estimate of drug-likeness (QED) is 0.427. The molecule has 3 aromatic rings. The first-order valence-corrected chi connectivity index (χ1v) is 11.1. The van der Waals surface area contributed by atoms with E-state index in [2.05, 4.69) is 14.9 Å². The molecule has 2 heterocycles. The summed E-state index contributed by atoms with van der Waals surface area (Å²) in [6.45, 7) is 2.06. The van der Waals surface area contributed by atoms with Crippen molar-refractivity contribution >= 4 is 29.1 Å². The average Bonchev–Trinajstić information content (AvgIpc) is 2.91. The van der Waals surface area contributed by atoms with Gasteiger partial charge in [0.05, 0.1) is 56.8 Å². The summed E-state index contributed by atoms with van der Waals surface area (Å²) in [5, 5.41) is 9.83. The van der Waals surface area contributed by atoms with Crippen molar-refractivity contribution in [2.75, 3.05) is 56.1 Å². The normalized spacial score (nSPS) is 13.2. The summed E-state index contributed by atoms with van der Waals surface area (Å²) in [7, 11) is 2.48. The summed E-state index contributed by atoms with van der Waals surface area (Å²) in [5.41, 5.74) is 7.00. The Morgan fingerprint density at radius 3 is 2.27 bits per heavy atom. The summed E-state index contributed by atoms with van der Waals surface area (Å²) in [5.74, 6) is -2.44. The van der Waals surface area contributed by atoms with Crippen molar-refractivity contribution in [3.05, 3.63) is 53.9 Å². The molecular weight excluding hydrogens is 492 g/mol. The van der Waals surface area contributed by atoms with Crippen molar-refractivity contribution < 1.29 is 37.6 Å². The Kier molecular flexibility index (Phi) is 7.72. The van der Waals surface area contributed by atoms with Crippen LogP contribution in [0.2, 0.25) is 0 Å². The smallest absolute Gasteiger partial charge is 0.419 e. The predicted molar refractivity (Wildman–Crippen MR) is 130 cm³/mol. The van der Waals surface area contributed by atoms with Gasteiger partial charge >= 0.3 is 6.09 Å². The minimum atomic E-state index is -1.35. The summed E-state index contributed by atoms with van der Waals surface area (Å²) >= 11 is 0. The fourth-order valence-corrected chi connectivity index (χ4v) is 3.78. The summed E-state index contributed by atoms with van der Waals surface area (Å²) < 4.78 is 49.7. The summed E-state index contributed by atoms with van der Waals surface area (Å²) in [6.07, 6.45) is 1.01. The van der Waals surface area contributed by atoms with Gasteiger partial charge in [-0.05, 0) is 18.2 Å². The first-order chi connectivity index (χ1) is 17.8. The van der Waals surface area contributed by atoms with Gasteiger partial charge in [-0.25, -0.2) is 28.4 Å². The fraction of sp³-hybridized carbons (Fsp3) is 0.292. The number of nitrogens with zero attached hydrogens (tertiary/aromatic N) is 4. The van der Waals surface area contributed by atoms with Gasteiger partial charge in [0, 0.05) is 24.8 Å². The Balaban J connectivity index is 1.53. The molecule has 1 aliphatic heterocycles. The SMILES string of the molecule is COc1cc(OC)c(F)c(COc2cnc(N(C(=O)O)c3ccc(N4CCOCC4)cc3N)nc2)c1F. The number of amides is 1. The molecule has 37 heavy (non-hydrogen) atoms. The van der Waals surface area contributed by atoms with Crippen molar-refractivity contribution in [2.24, 2.45) is 0 Å². The zero-order valence-corrected chi connectivity index (χ0v) is 20.1. The molecule has 0 unspecified atom stereocenters. The third-order valence-corrected chi connectivity index (χ3v) is 5.68. The Morgan fingerprint density at radius 1 is 1.11 bits per heavy atom. The van der Waals surface area contributed by atoms with Crippen molar-refractivity contribution in [2.45, 2.75) is 6.61 Å². The minimum absolute atomic E-state index is 0.0466. The fourth-order valence-electron chi connectivity index (χ4n) is 3.78. The zero-order valence-electron chi connectivity index (χ0n) is 20.1. The Labute approximate surface area is 210 Å². The average molecular weight is 517 g/mol. The first-order valence-electron chi connectivity index (χ1n) is 11.1. The lowest BCUT2D eigenvalue weighted by Crippen LogP contribution is -2.36. The topological polar surface area (TPSA) is 132 Å². The number of nitrogens with two attached hydrogens (primary N) is 1. The van der Waals surface area contributed by atoms with Gasteiger partial charge in [0.1, 0.15) is 6.61 Å². The molecule has 1 saturated heterocycles.